The summed E-state index contributed by atoms with van der Waals surface area (Å²) in [5.41, 5.74) is 2.14. The number of hydrogen-bond acceptors (Lipinski definition) is 3. The van der Waals surface area contributed by atoms with E-state index in [0.29, 0.717) is 49.6 Å². The lowest BCUT2D eigenvalue weighted by atomic mass is 9.90. The van der Waals surface area contributed by atoms with Gasteiger partial charge in [0.25, 0.3) is 0 Å². The number of hydrogen-bond donors (Lipinski definition) is 2. The molecule has 1 saturated heterocycles. The third-order valence-electron chi connectivity index (χ3n) is 9.69. The molecule has 1 fully saturated rings. The maximum absolute atomic E-state index is 14.7. The Morgan fingerprint density at radius 3 is 1.27 bits per heavy atom. The number of aliphatic hydroxyl groups excluding tert-OH is 2. The van der Waals surface area contributed by atoms with Gasteiger partial charge in [-0.05, 0) is 60.5 Å². The van der Waals surface area contributed by atoms with Crippen LogP contribution in [0.25, 0.3) is 0 Å². The zero-order valence-corrected chi connectivity index (χ0v) is 28.6. The molecule has 2 N–H and O–H groups in total. The molecular formula is C39H62N2O3. The van der Waals surface area contributed by atoms with Gasteiger partial charge in [0.2, 0.25) is 0 Å². The molecule has 3 rings (SSSR count). The lowest BCUT2D eigenvalue weighted by molar-refractivity contribution is -0.0400. The largest absolute Gasteiger partial charge is 0.388 e. The Morgan fingerprint density at radius 2 is 0.932 bits per heavy atom. The summed E-state index contributed by atoms with van der Waals surface area (Å²) < 4.78 is 0. The highest BCUT2D eigenvalue weighted by atomic mass is 16.3. The van der Waals surface area contributed by atoms with Crippen LogP contribution in [0.4, 0.5) is 4.79 Å². The zero-order valence-electron chi connectivity index (χ0n) is 28.6. The molecule has 246 valence electrons. The molecule has 0 aromatic heterocycles. The molecular weight excluding hydrogens is 544 g/mol. The van der Waals surface area contributed by atoms with Crippen molar-refractivity contribution < 1.29 is 15.0 Å². The van der Waals surface area contributed by atoms with E-state index in [1.54, 1.807) is 0 Å². The number of nitrogens with zero attached hydrogens (tertiary/aromatic N) is 2. The topological polar surface area (TPSA) is 64.0 Å². The van der Waals surface area contributed by atoms with E-state index in [9.17, 15) is 15.0 Å². The maximum Gasteiger partial charge on any atom is 0.320 e. The first kappa shape index (κ1) is 36.1. The van der Waals surface area contributed by atoms with Gasteiger partial charge < -0.3 is 20.0 Å². The predicted octanol–water partition coefficient (Wildman–Crippen LogP) is 8.37. The molecule has 0 spiro atoms. The van der Waals surface area contributed by atoms with Gasteiger partial charge in [0.1, 0.15) is 12.2 Å². The lowest BCUT2D eigenvalue weighted by Crippen LogP contribution is -2.52. The molecule has 1 aliphatic heterocycles. The van der Waals surface area contributed by atoms with Crippen LogP contribution in [0.5, 0.6) is 0 Å². The third-order valence-corrected chi connectivity index (χ3v) is 9.69. The molecule has 5 nitrogen and oxygen atoms in total. The minimum atomic E-state index is -1.04. The first-order valence-corrected chi connectivity index (χ1v) is 17.6. The van der Waals surface area contributed by atoms with Crippen molar-refractivity contribution in [3.05, 3.63) is 71.8 Å². The fourth-order valence-electron chi connectivity index (χ4n) is 6.73. The van der Waals surface area contributed by atoms with Crippen LogP contribution in [0.2, 0.25) is 0 Å². The van der Waals surface area contributed by atoms with Crippen molar-refractivity contribution in [3.8, 4) is 0 Å². The van der Waals surface area contributed by atoms with Gasteiger partial charge in [-0.25, -0.2) is 4.79 Å². The fourth-order valence-corrected chi connectivity index (χ4v) is 6.73. The van der Waals surface area contributed by atoms with Gasteiger partial charge in [0.05, 0.1) is 12.1 Å². The van der Waals surface area contributed by atoms with E-state index in [1.165, 1.54) is 25.7 Å². The summed E-state index contributed by atoms with van der Waals surface area (Å²) in [6, 6.07) is 19.2. The summed E-state index contributed by atoms with van der Waals surface area (Å²) in [5, 5.41) is 23.8. The van der Waals surface area contributed by atoms with Gasteiger partial charge in [0.15, 0.2) is 0 Å². The fraction of sp³-hybridized carbons (Fsp3) is 0.667. The van der Waals surface area contributed by atoms with Crippen molar-refractivity contribution >= 4 is 6.03 Å². The van der Waals surface area contributed by atoms with Crippen molar-refractivity contribution in [1.82, 2.24) is 9.80 Å². The first-order chi connectivity index (χ1) is 21.1. The number of carbonyl (C=O) groups excluding carboxylic acids is 1. The number of aliphatic hydroxyl groups is 2. The van der Waals surface area contributed by atoms with Crippen molar-refractivity contribution in [2.75, 3.05) is 13.1 Å². The Morgan fingerprint density at radius 1 is 0.568 bits per heavy atom. The highest BCUT2D eigenvalue weighted by Gasteiger charge is 2.46. The van der Waals surface area contributed by atoms with E-state index in [4.69, 9.17) is 0 Å². The van der Waals surface area contributed by atoms with E-state index in [1.807, 2.05) is 46.2 Å². The maximum atomic E-state index is 14.7. The molecule has 2 aromatic carbocycles. The first-order valence-electron chi connectivity index (χ1n) is 17.6. The SMILES string of the molecule is CC(C)CCCC(C)CCN1C(=O)N(CCC(C)CCCC(C)C)[C@H](Cc2ccccc2)[C@H](O)[C@@H](O)C1Cc1ccccc1. The van der Waals surface area contributed by atoms with Gasteiger partial charge in [-0.3, -0.25) is 0 Å². The van der Waals surface area contributed by atoms with Crippen molar-refractivity contribution in [3.63, 3.8) is 0 Å². The number of benzene rings is 2. The van der Waals surface area contributed by atoms with Gasteiger partial charge >= 0.3 is 6.03 Å². The summed E-state index contributed by atoms with van der Waals surface area (Å²) in [6.07, 6.45) is 7.84. The lowest BCUT2D eigenvalue weighted by Gasteiger charge is -2.36. The molecule has 0 radical (unpaired) electrons. The third kappa shape index (κ3) is 11.5. The van der Waals surface area contributed by atoms with E-state index in [0.717, 1.165) is 36.8 Å². The number of carbonyl (C=O) groups is 1. The summed E-state index contributed by atoms with van der Waals surface area (Å²) in [7, 11) is 0. The summed E-state index contributed by atoms with van der Waals surface area (Å²) in [5.74, 6) is 2.37. The highest BCUT2D eigenvalue weighted by Crippen LogP contribution is 2.29. The Labute approximate surface area is 269 Å². The van der Waals surface area contributed by atoms with Crippen LogP contribution < -0.4 is 0 Å². The average molecular weight is 607 g/mol. The minimum Gasteiger partial charge on any atom is -0.388 e. The Balaban J connectivity index is 1.90. The van der Waals surface area contributed by atoms with Crippen molar-refractivity contribution in [2.45, 2.75) is 130 Å². The molecule has 1 heterocycles. The van der Waals surface area contributed by atoms with E-state index < -0.39 is 24.3 Å². The van der Waals surface area contributed by atoms with Crippen LogP contribution in [-0.4, -0.2) is 63.4 Å². The average Bonchev–Trinajstić information content (AvgIpc) is 3.05. The monoisotopic (exact) mass is 606 g/mol. The Hall–Kier alpha value is -2.37. The summed E-state index contributed by atoms with van der Waals surface area (Å²) in [4.78, 5) is 18.5. The predicted molar refractivity (Wildman–Crippen MR) is 184 cm³/mol. The highest BCUT2D eigenvalue weighted by molar-refractivity contribution is 5.76. The molecule has 3 unspecified atom stereocenters. The molecule has 1 aliphatic rings. The smallest absolute Gasteiger partial charge is 0.320 e. The van der Waals surface area contributed by atoms with Crippen LogP contribution in [0.1, 0.15) is 104 Å². The standard InChI is InChI=1S/C39H62N2O3/c1-29(2)15-13-17-31(5)23-25-40-35(27-33-19-9-7-10-20-33)37(42)38(43)36(28-34-21-11-8-12-22-34)41(39(40)44)26-24-32(6)18-14-16-30(3)4/h7-12,19-22,29-32,35-38,42-43H,13-18,23-28H2,1-6H3/t31?,32?,35-,36?,37+,38+/m1/s1. The molecule has 44 heavy (non-hydrogen) atoms. The summed E-state index contributed by atoms with van der Waals surface area (Å²) >= 11 is 0. The normalized spacial score (nSPS) is 22.5. The van der Waals surface area contributed by atoms with Crippen LogP contribution in [0.15, 0.2) is 60.7 Å². The Bertz CT molecular complexity index is 976. The molecule has 5 heteroatoms. The van der Waals surface area contributed by atoms with Gasteiger partial charge in [-0.1, -0.05) is 141 Å². The van der Waals surface area contributed by atoms with Crippen molar-refractivity contribution in [1.29, 1.82) is 0 Å². The molecule has 0 bridgehead atoms. The van der Waals surface area contributed by atoms with Crippen LogP contribution in [-0.2, 0) is 12.8 Å². The molecule has 6 atom stereocenters. The zero-order chi connectivity index (χ0) is 32.1. The Kier molecular flexibility index (Phi) is 15.2. The van der Waals surface area contributed by atoms with E-state index in [-0.39, 0.29) is 6.03 Å². The minimum absolute atomic E-state index is 0.0359. The number of rotatable bonds is 18. The number of amides is 2. The second-order valence-electron chi connectivity index (χ2n) is 14.6. The quantitative estimate of drug-likeness (QED) is 0.179. The number of urea groups is 1. The summed E-state index contributed by atoms with van der Waals surface area (Å²) in [6.45, 7) is 14.8. The van der Waals surface area contributed by atoms with Crippen LogP contribution in [0, 0.1) is 23.7 Å². The molecule has 2 amide bonds. The second kappa shape index (κ2) is 18.6. The van der Waals surface area contributed by atoms with Gasteiger partial charge in [0, 0.05) is 13.1 Å². The second-order valence-corrected chi connectivity index (χ2v) is 14.6. The van der Waals surface area contributed by atoms with E-state index >= 15 is 0 Å². The van der Waals surface area contributed by atoms with Crippen LogP contribution in [0.3, 0.4) is 0 Å². The molecule has 2 aromatic rings. The van der Waals surface area contributed by atoms with Crippen LogP contribution >= 0.6 is 0 Å². The van der Waals surface area contributed by atoms with Crippen molar-refractivity contribution in [2.24, 2.45) is 23.7 Å². The van der Waals surface area contributed by atoms with E-state index in [2.05, 4.69) is 65.8 Å². The molecule has 0 aliphatic carbocycles. The molecule has 0 saturated carbocycles. The van der Waals surface area contributed by atoms with Gasteiger partial charge in [-0.15, -0.1) is 0 Å². The van der Waals surface area contributed by atoms with Gasteiger partial charge in [-0.2, -0.15) is 0 Å².